The number of carbonyl (C=O) groups excluding carboxylic acids is 4. The van der Waals surface area contributed by atoms with Crippen molar-refractivity contribution in [1.82, 2.24) is 16.0 Å². The molecule has 0 saturated carbocycles. The Bertz CT molecular complexity index is 1650. The summed E-state index contributed by atoms with van der Waals surface area (Å²) in [5.41, 5.74) is 1.78. The second-order valence-electron chi connectivity index (χ2n) is 16.3. The molecule has 0 heterocycles. The van der Waals surface area contributed by atoms with Crippen LogP contribution in [0.1, 0.15) is 142 Å². The van der Waals surface area contributed by atoms with Gasteiger partial charge in [-0.25, -0.2) is 4.79 Å². The van der Waals surface area contributed by atoms with Crippen LogP contribution in [0.2, 0.25) is 0 Å². The SMILES string of the molecule is CCCCCCCC/C=C\CCCCCCCC(=O)N[C@@H](Cc1cccc2ccccc12)C(=O)N[C@@H](CC(C)C)C(=O)N[C@H](C(=O)OCc1ccccc1)C(C)C. The lowest BCUT2D eigenvalue weighted by Gasteiger charge is -2.27. The monoisotopic (exact) mass is 782 g/mol. The normalized spacial score (nSPS) is 13.1. The fourth-order valence-electron chi connectivity index (χ4n) is 7.07. The van der Waals surface area contributed by atoms with Crippen molar-refractivity contribution in [2.24, 2.45) is 11.8 Å². The van der Waals surface area contributed by atoms with Gasteiger partial charge in [0.05, 0.1) is 0 Å². The van der Waals surface area contributed by atoms with E-state index in [0.717, 1.165) is 60.4 Å². The van der Waals surface area contributed by atoms with Gasteiger partial charge in [0.2, 0.25) is 17.7 Å². The molecule has 3 N–H and O–H groups in total. The number of rotatable bonds is 28. The Morgan fingerprint density at radius 3 is 1.89 bits per heavy atom. The molecule has 8 heteroatoms. The van der Waals surface area contributed by atoms with E-state index in [1.54, 1.807) is 0 Å². The molecule has 0 fully saturated rings. The van der Waals surface area contributed by atoms with Crippen molar-refractivity contribution in [2.75, 3.05) is 0 Å². The average Bonchev–Trinajstić information content (AvgIpc) is 3.20. The standard InChI is InChI=1S/C49H71N3O5/c1-6-7-8-9-10-11-12-13-14-15-16-17-18-19-23-33-45(53)50-44(35-41-31-26-30-40-29-24-25-32-42(40)41)47(54)51-43(34-37(2)3)48(55)52-46(38(4)5)49(56)57-36-39-27-21-20-22-28-39/h13-14,20-22,24-32,37-38,43-44,46H,6-12,15-19,23,33-36H2,1-5H3,(H,50,53)(H,51,54)(H,52,55)/b14-13-/t43-,44-,46-/m0/s1. The lowest BCUT2D eigenvalue weighted by atomic mass is 9.97. The van der Waals surface area contributed by atoms with Crippen molar-refractivity contribution < 1.29 is 23.9 Å². The Morgan fingerprint density at radius 2 is 1.23 bits per heavy atom. The first-order valence-electron chi connectivity index (χ1n) is 21.8. The van der Waals surface area contributed by atoms with Crippen molar-refractivity contribution in [2.45, 2.75) is 162 Å². The zero-order valence-corrected chi connectivity index (χ0v) is 35.5. The predicted molar refractivity (Wildman–Crippen MR) is 233 cm³/mol. The molecular weight excluding hydrogens is 711 g/mol. The number of carbonyl (C=O) groups is 4. The molecule has 0 aliphatic carbocycles. The lowest BCUT2D eigenvalue weighted by molar-refractivity contribution is -0.150. The van der Waals surface area contributed by atoms with Gasteiger partial charge in [-0.3, -0.25) is 14.4 Å². The molecule has 0 unspecified atom stereocenters. The summed E-state index contributed by atoms with van der Waals surface area (Å²) in [6.07, 6.45) is 20.9. The fraction of sp³-hybridized carbons (Fsp3) is 0.551. The zero-order chi connectivity index (χ0) is 41.3. The number of hydrogen-bond acceptors (Lipinski definition) is 5. The van der Waals surface area contributed by atoms with Crippen molar-refractivity contribution in [1.29, 1.82) is 0 Å². The maximum atomic E-state index is 14.1. The third-order valence-corrected chi connectivity index (χ3v) is 10.4. The fourth-order valence-corrected chi connectivity index (χ4v) is 7.07. The Labute approximate surface area is 343 Å². The zero-order valence-electron chi connectivity index (χ0n) is 35.5. The number of nitrogens with one attached hydrogen (secondary N) is 3. The summed E-state index contributed by atoms with van der Waals surface area (Å²) in [6.45, 7) is 9.99. The van der Waals surface area contributed by atoms with E-state index in [-0.39, 0.29) is 30.8 Å². The molecule has 0 aliphatic heterocycles. The molecule has 312 valence electrons. The van der Waals surface area contributed by atoms with Crippen LogP contribution in [-0.2, 0) is 36.9 Å². The van der Waals surface area contributed by atoms with E-state index in [0.29, 0.717) is 12.8 Å². The molecule has 3 aromatic rings. The van der Waals surface area contributed by atoms with E-state index in [1.807, 2.05) is 100 Å². The van der Waals surface area contributed by atoms with Crippen molar-refractivity contribution in [3.63, 3.8) is 0 Å². The molecule has 0 spiro atoms. The van der Waals surface area contributed by atoms with Gasteiger partial charge in [-0.05, 0) is 72.3 Å². The van der Waals surface area contributed by atoms with Crippen LogP contribution in [0, 0.1) is 11.8 Å². The maximum Gasteiger partial charge on any atom is 0.329 e. The van der Waals surface area contributed by atoms with E-state index in [4.69, 9.17) is 4.74 Å². The maximum absolute atomic E-state index is 14.1. The van der Waals surface area contributed by atoms with Crippen LogP contribution in [-0.4, -0.2) is 41.8 Å². The molecule has 0 radical (unpaired) electrons. The number of benzene rings is 3. The van der Waals surface area contributed by atoms with Crippen LogP contribution in [0.3, 0.4) is 0 Å². The van der Waals surface area contributed by atoms with Gasteiger partial charge in [-0.2, -0.15) is 0 Å². The second-order valence-corrected chi connectivity index (χ2v) is 16.3. The summed E-state index contributed by atoms with van der Waals surface area (Å²) in [5, 5.41) is 10.9. The molecular formula is C49H71N3O5. The Hall–Kier alpha value is -4.46. The smallest absolute Gasteiger partial charge is 0.329 e. The minimum atomic E-state index is -0.919. The highest BCUT2D eigenvalue weighted by atomic mass is 16.5. The predicted octanol–water partition coefficient (Wildman–Crippen LogP) is 10.3. The van der Waals surface area contributed by atoms with Gasteiger partial charge in [-0.1, -0.05) is 171 Å². The van der Waals surface area contributed by atoms with E-state index < -0.39 is 35.9 Å². The van der Waals surface area contributed by atoms with Gasteiger partial charge < -0.3 is 20.7 Å². The molecule has 0 saturated heterocycles. The van der Waals surface area contributed by atoms with Crippen molar-refractivity contribution >= 4 is 34.5 Å². The van der Waals surface area contributed by atoms with Gasteiger partial charge in [-0.15, -0.1) is 0 Å². The number of hydrogen-bond donors (Lipinski definition) is 3. The first kappa shape index (κ1) is 46.9. The molecule has 3 atom stereocenters. The molecule has 0 aromatic heterocycles. The summed E-state index contributed by atoms with van der Waals surface area (Å²) < 4.78 is 5.58. The first-order chi connectivity index (χ1) is 27.6. The highest BCUT2D eigenvalue weighted by Gasteiger charge is 2.32. The van der Waals surface area contributed by atoms with Crippen LogP contribution in [0.25, 0.3) is 10.8 Å². The summed E-state index contributed by atoms with van der Waals surface area (Å²) >= 11 is 0. The van der Waals surface area contributed by atoms with Crippen LogP contribution >= 0.6 is 0 Å². The molecule has 3 amide bonds. The summed E-state index contributed by atoms with van der Waals surface area (Å²) in [4.78, 5) is 54.5. The first-order valence-corrected chi connectivity index (χ1v) is 21.8. The molecule has 57 heavy (non-hydrogen) atoms. The van der Waals surface area contributed by atoms with E-state index in [9.17, 15) is 19.2 Å². The molecule has 3 aromatic carbocycles. The van der Waals surface area contributed by atoms with Crippen molar-refractivity contribution in [3.8, 4) is 0 Å². The molecule has 0 aliphatic rings. The van der Waals surface area contributed by atoms with Gasteiger partial charge in [0.1, 0.15) is 24.7 Å². The summed E-state index contributed by atoms with van der Waals surface area (Å²) in [7, 11) is 0. The molecule has 3 rings (SSSR count). The third-order valence-electron chi connectivity index (χ3n) is 10.4. The van der Waals surface area contributed by atoms with Crippen LogP contribution in [0.15, 0.2) is 84.9 Å². The Balaban J connectivity index is 1.59. The highest BCUT2D eigenvalue weighted by molar-refractivity contribution is 5.94. The lowest BCUT2D eigenvalue weighted by Crippen LogP contribution is -2.57. The minimum absolute atomic E-state index is 0.0656. The van der Waals surface area contributed by atoms with E-state index in [2.05, 4.69) is 35.0 Å². The average molecular weight is 782 g/mol. The number of ether oxygens (including phenoxy) is 1. The van der Waals surface area contributed by atoms with Crippen LogP contribution in [0.4, 0.5) is 0 Å². The number of amides is 3. The van der Waals surface area contributed by atoms with Crippen molar-refractivity contribution in [3.05, 3.63) is 96.1 Å². The number of allylic oxidation sites excluding steroid dienone is 2. The molecule has 8 nitrogen and oxygen atoms in total. The number of esters is 1. The van der Waals surface area contributed by atoms with Gasteiger partial charge in [0.15, 0.2) is 0 Å². The minimum Gasteiger partial charge on any atom is -0.459 e. The third kappa shape index (κ3) is 18.6. The Kier molecular flexibility index (Phi) is 22.4. The molecule has 0 bridgehead atoms. The quantitative estimate of drug-likeness (QED) is 0.0386. The highest BCUT2D eigenvalue weighted by Crippen LogP contribution is 2.21. The second kappa shape index (κ2) is 27.2. The van der Waals surface area contributed by atoms with Crippen LogP contribution in [0.5, 0.6) is 0 Å². The van der Waals surface area contributed by atoms with Gasteiger partial charge in [0, 0.05) is 12.8 Å². The Morgan fingerprint density at radius 1 is 0.632 bits per heavy atom. The van der Waals surface area contributed by atoms with E-state index >= 15 is 0 Å². The number of unbranched alkanes of at least 4 members (excludes halogenated alkanes) is 11. The summed E-state index contributed by atoms with van der Waals surface area (Å²) in [6, 6.07) is 20.6. The summed E-state index contributed by atoms with van der Waals surface area (Å²) in [5.74, 6) is -1.80. The van der Waals surface area contributed by atoms with Crippen LogP contribution < -0.4 is 16.0 Å². The number of fused-ring (bicyclic) bond motifs is 1. The van der Waals surface area contributed by atoms with E-state index in [1.165, 1.54) is 44.9 Å². The topological polar surface area (TPSA) is 114 Å². The van der Waals surface area contributed by atoms with Gasteiger partial charge in [0.25, 0.3) is 0 Å². The largest absolute Gasteiger partial charge is 0.459 e. The van der Waals surface area contributed by atoms with Gasteiger partial charge >= 0.3 is 5.97 Å².